The Morgan fingerprint density at radius 1 is 1.09 bits per heavy atom. The van der Waals surface area contributed by atoms with Crippen molar-refractivity contribution >= 4 is 0 Å². The molecule has 2 rings (SSSR count). The second-order valence-electron chi connectivity index (χ2n) is 6.35. The van der Waals surface area contributed by atoms with Gasteiger partial charge in [-0.25, -0.2) is 4.39 Å². The molecule has 0 amide bonds. The lowest BCUT2D eigenvalue weighted by atomic mass is 9.94. The van der Waals surface area contributed by atoms with Gasteiger partial charge in [0.25, 0.3) is 0 Å². The summed E-state index contributed by atoms with van der Waals surface area (Å²) < 4.78 is 18.5. The molecule has 0 saturated heterocycles. The minimum absolute atomic E-state index is 0.203. The molecule has 23 heavy (non-hydrogen) atoms. The van der Waals surface area contributed by atoms with Crippen molar-refractivity contribution in [1.82, 2.24) is 5.32 Å². The zero-order chi connectivity index (χ0) is 16.7. The van der Waals surface area contributed by atoms with Crippen LogP contribution in [0.4, 0.5) is 4.39 Å². The van der Waals surface area contributed by atoms with Crippen LogP contribution in [0.3, 0.4) is 0 Å². The van der Waals surface area contributed by atoms with Crippen LogP contribution in [0.2, 0.25) is 0 Å². The molecule has 3 nitrogen and oxygen atoms in total. The van der Waals surface area contributed by atoms with Gasteiger partial charge in [-0.15, -0.1) is 0 Å². The van der Waals surface area contributed by atoms with Crippen molar-refractivity contribution in [3.05, 3.63) is 66.0 Å². The highest BCUT2D eigenvalue weighted by Gasteiger charge is 2.19. The fraction of sp³-hybridized carbons (Fsp3) is 0.368. The summed E-state index contributed by atoms with van der Waals surface area (Å²) in [5, 5.41) is 13.4. The molecule has 124 valence electrons. The Hall–Kier alpha value is -1.91. The minimum Gasteiger partial charge on any atom is -0.491 e. The summed E-state index contributed by atoms with van der Waals surface area (Å²) in [4.78, 5) is 0. The maximum Gasteiger partial charge on any atom is 0.123 e. The summed E-state index contributed by atoms with van der Waals surface area (Å²) >= 11 is 0. The molecule has 0 spiro atoms. The van der Waals surface area contributed by atoms with Gasteiger partial charge in [0.15, 0.2) is 0 Å². The second-order valence-corrected chi connectivity index (χ2v) is 6.35. The molecule has 0 unspecified atom stereocenters. The Balaban J connectivity index is 1.75. The molecule has 0 bridgehead atoms. The van der Waals surface area contributed by atoms with Crippen molar-refractivity contribution in [2.24, 2.45) is 0 Å². The molecule has 0 saturated carbocycles. The Morgan fingerprint density at radius 3 is 2.39 bits per heavy atom. The van der Waals surface area contributed by atoms with E-state index in [2.05, 4.69) is 19.2 Å². The first kappa shape index (κ1) is 17.4. The molecular weight excluding hydrogens is 293 g/mol. The maximum absolute atomic E-state index is 12.9. The number of nitrogens with one attached hydrogen (secondary N) is 1. The molecule has 0 fully saturated rings. The number of halogens is 1. The summed E-state index contributed by atoms with van der Waals surface area (Å²) in [6, 6.07) is 15.9. The summed E-state index contributed by atoms with van der Waals surface area (Å²) in [5.74, 6) is 0.519. The first-order valence-corrected chi connectivity index (χ1v) is 7.80. The van der Waals surface area contributed by atoms with E-state index in [1.54, 1.807) is 12.1 Å². The smallest absolute Gasteiger partial charge is 0.123 e. The summed E-state index contributed by atoms with van der Waals surface area (Å²) in [6.07, 6.45) is 0.155. The predicted octanol–water partition coefficient (Wildman–Crippen LogP) is 3.18. The summed E-state index contributed by atoms with van der Waals surface area (Å²) in [6.45, 7) is 4.78. The lowest BCUT2D eigenvalue weighted by Gasteiger charge is -2.28. The molecule has 2 N–H and O–H groups in total. The number of hydrogen-bond acceptors (Lipinski definition) is 3. The van der Waals surface area contributed by atoms with Gasteiger partial charge in [0.1, 0.15) is 24.3 Å². The van der Waals surface area contributed by atoms with E-state index in [4.69, 9.17) is 4.74 Å². The highest BCUT2D eigenvalue weighted by atomic mass is 19.1. The van der Waals surface area contributed by atoms with Crippen molar-refractivity contribution in [2.45, 2.75) is 31.9 Å². The summed E-state index contributed by atoms with van der Waals surface area (Å²) in [5.41, 5.74) is 0.852. The van der Waals surface area contributed by atoms with Crippen molar-refractivity contribution in [2.75, 3.05) is 13.2 Å². The first-order chi connectivity index (χ1) is 10.9. The van der Waals surface area contributed by atoms with E-state index in [0.29, 0.717) is 6.54 Å². The van der Waals surface area contributed by atoms with E-state index in [1.165, 1.54) is 12.1 Å². The monoisotopic (exact) mass is 317 g/mol. The van der Waals surface area contributed by atoms with E-state index in [1.807, 2.05) is 30.3 Å². The van der Waals surface area contributed by atoms with Crippen LogP contribution in [0.5, 0.6) is 5.75 Å². The van der Waals surface area contributed by atoms with E-state index < -0.39 is 6.10 Å². The third-order valence-electron chi connectivity index (χ3n) is 3.56. The molecule has 0 heterocycles. The van der Waals surface area contributed by atoms with E-state index in [9.17, 15) is 9.50 Å². The fourth-order valence-electron chi connectivity index (χ4n) is 2.34. The number of ether oxygens (including phenoxy) is 1. The quantitative estimate of drug-likeness (QED) is 0.786. The van der Waals surface area contributed by atoms with Gasteiger partial charge in [0.05, 0.1) is 0 Å². The number of rotatable bonds is 8. The average Bonchev–Trinajstić information content (AvgIpc) is 2.54. The van der Waals surface area contributed by atoms with Crippen LogP contribution in [0.15, 0.2) is 54.6 Å². The minimum atomic E-state index is -0.595. The lowest BCUT2D eigenvalue weighted by Crippen LogP contribution is -2.46. The Morgan fingerprint density at radius 2 is 1.74 bits per heavy atom. The molecular formula is C19H24FNO2. The van der Waals surface area contributed by atoms with Gasteiger partial charge in [0, 0.05) is 12.1 Å². The molecule has 0 aliphatic heterocycles. The Kier molecular flexibility index (Phi) is 6.13. The average molecular weight is 317 g/mol. The zero-order valence-electron chi connectivity index (χ0n) is 13.6. The Bertz CT molecular complexity index is 584. The van der Waals surface area contributed by atoms with E-state index in [-0.39, 0.29) is 18.0 Å². The Labute approximate surface area is 137 Å². The maximum atomic E-state index is 12.9. The molecule has 2 aromatic rings. The third-order valence-corrected chi connectivity index (χ3v) is 3.56. The summed E-state index contributed by atoms with van der Waals surface area (Å²) in [7, 11) is 0. The van der Waals surface area contributed by atoms with E-state index >= 15 is 0 Å². The lowest BCUT2D eigenvalue weighted by molar-refractivity contribution is 0.0988. The first-order valence-electron chi connectivity index (χ1n) is 7.80. The van der Waals surface area contributed by atoms with Crippen molar-refractivity contribution in [3.63, 3.8) is 0 Å². The molecule has 0 aliphatic carbocycles. The van der Waals surface area contributed by atoms with Crippen LogP contribution in [0, 0.1) is 5.82 Å². The number of aliphatic hydroxyl groups is 1. The molecule has 0 aromatic heterocycles. The third kappa shape index (κ3) is 6.38. The predicted molar refractivity (Wildman–Crippen MR) is 90.1 cm³/mol. The van der Waals surface area contributed by atoms with Gasteiger partial charge in [0.2, 0.25) is 0 Å². The number of para-hydroxylation sites is 1. The molecule has 0 radical (unpaired) electrons. The molecule has 1 atom stereocenters. The van der Waals surface area contributed by atoms with Gasteiger partial charge in [-0.05, 0) is 50.1 Å². The van der Waals surface area contributed by atoms with Gasteiger partial charge >= 0.3 is 0 Å². The van der Waals surface area contributed by atoms with Crippen LogP contribution in [0.25, 0.3) is 0 Å². The van der Waals surface area contributed by atoms with Gasteiger partial charge in [-0.1, -0.05) is 30.3 Å². The zero-order valence-corrected chi connectivity index (χ0v) is 13.6. The largest absolute Gasteiger partial charge is 0.491 e. The molecule has 0 aliphatic rings. The van der Waals surface area contributed by atoms with Crippen molar-refractivity contribution in [3.8, 4) is 5.75 Å². The fourth-order valence-corrected chi connectivity index (χ4v) is 2.34. The van der Waals surface area contributed by atoms with Gasteiger partial charge in [-0.2, -0.15) is 0 Å². The number of β-amino-alcohol motifs (C(OH)–C–C–N with tert-alkyl or cyclic N) is 1. The SMILES string of the molecule is CC(C)(Cc1ccc(F)cc1)NC[C@H](O)COc1ccccc1. The topological polar surface area (TPSA) is 41.5 Å². The van der Waals surface area contributed by atoms with Gasteiger partial charge < -0.3 is 15.2 Å². The highest BCUT2D eigenvalue weighted by molar-refractivity contribution is 5.21. The molecule has 4 heteroatoms. The van der Waals surface area contributed by atoms with Crippen molar-refractivity contribution < 1.29 is 14.2 Å². The van der Waals surface area contributed by atoms with Crippen LogP contribution in [-0.4, -0.2) is 29.9 Å². The van der Waals surface area contributed by atoms with Crippen LogP contribution >= 0.6 is 0 Å². The number of benzene rings is 2. The highest BCUT2D eigenvalue weighted by Crippen LogP contribution is 2.14. The van der Waals surface area contributed by atoms with Crippen molar-refractivity contribution in [1.29, 1.82) is 0 Å². The van der Waals surface area contributed by atoms with Crippen LogP contribution in [0.1, 0.15) is 19.4 Å². The van der Waals surface area contributed by atoms with Crippen LogP contribution in [-0.2, 0) is 6.42 Å². The molecule has 2 aromatic carbocycles. The van der Waals surface area contributed by atoms with Crippen LogP contribution < -0.4 is 10.1 Å². The number of aliphatic hydroxyl groups excluding tert-OH is 1. The standard InChI is InChI=1S/C19H24FNO2/c1-19(2,12-15-8-10-16(20)11-9-15)21-13-17(22)14-23-18-6-4-3-5-7-18/h3-11,17,21-22H,12-14H2,1-2H3/t17-/m0/s1. The van der Waals surface area contributed by atoms with E-state index in [0.717, 1.165) is 17.7 Å². The normalized spacial score (nSPS) is 12.9. The number of hydrogen-bond donors (Lipinski definition) is 2. The second kappa shape index (κ2) is 8.09. The van der Waals surface area contributed by atoms with Gasteiger partial charge in [-0.3, -0.25) is 0 Å².